The highest BCUT2D eigenvalue weighted by molar-refractivity contribution is 5.73. The van der Waals surface area contributed by atoms with E-state index in [1.807, 2.05) is 36.4 Å². The number of carbonyl (C=O) groups is 1. The fraction of sp³-hybridized carbons (Fsp3) is 0.743. The van der Waals surface area contributed by atoms with Crippen molar-refractivity contribution in [1.82, 2.24) is 0 Å². The normalized spacial score (nSPS) is 11.4. The number of ether oxygens (including phenoxy) is 1. The first-order chi connectivity index (χ1) is 18.3. The number of allylic oxidation sites excluding steroid dienone is 1. The van der Waals surface area contributed by atoms with E-state index in [4.69, 9.17) is 4.74 Å². The van der Waals surface area contributed by atoms with Gasteiger partial charge in [0, 0.05) is 0 Å². The van der Waals surface area contributed by atoms with Crippen molar-refractivity contribution >= 4 is 5.97 Å². The highest BCUT2D eigenvalue weighted by Crippen LogP contribution is 2.16. The predicted octanol–water partition coefficient (Wildman–Crippen LogP) is 11.9. The van der Waals surface area contributed by atoms with Crippen molar-refractivity contribution in [1.29, 1.82) is 0 Å². The number of rotatable bonds is 27. The van der Waals surface area contributed by atoms with E-state index in [9.17, 15) is 4.79 Å². The van der Waals surface area contributed by atoms with E-state index in [-0.39, 0.29) is 5.97 Å². The van der Waals surface area contributed by atoms with Gasteiger partial charge in [0.15, 0.2) is 0 Å². The van der Waals surface area contributed by atoms with Crippen LogP contribution < -0.4 is 4.74 Å². The van der Waals surface area contributed by atoms with E-state index < -0.39 is 0 Å². The third-order valence-electron chi connectivity index (χ3n) is 7.40. The van der Waals surface area contributed by atoms with Gasteiger partial charge in [-0.05, 0) is 25.0 Å². The van der Waals surface area contributed by atoms with E-state index >= 15 is 0 Å². The summed E-state index contributed by atoms with van der Waals surface area (Å²) in [4.78, 5) is 11.8. The van der Waals surface area contributed by atoms with Gasteiger partial charge in [-0.25, -0.2) is 0 Å². The molecule has 1 aromatic rings. The summed E-state index contributed by atoms with van der Waals surface area (Å²) in [6, 6.07) is 9.28. The maximum Gasteiger partial charge on any atom is 0.315 e. The number of esters is 1. The fourth-order valence-electron chi connectivity index (χ4n) is 5.01. The zero-order valence-electron chi connectivity index (χ0n) is 24.5. The molecule has 0 aliphatic heterocycles. The number of hydrogen-bond donors (Lipinski definition) is 0. The summed E-state index contributed by atoms with van der Waals surface area (Å²) in [5.74, 6) is 0.433. The molecule has 0 saturated carbocycles. The van der Waals surface area contributed by atoms with Crippen LogP contribution in [-0.2, 0) is 4.79 Å². The van der Waals surface area contributed by atoms with Crippen LogP contribution in [0.4, 0.5) is 0 Å². The first-order valence-electron chi connectivity index (χ1n) is 16.2. The lowest BCUT2D eigenvalue weighted by atomic mass is 10.0. The third kappa shape index (κ3) is 24.5. The van der Waals surface area contributed by atoms with Crippen molar-refractivity contribution in [2.24, 2.45) is 0 Å². The Labute approximate surface area is 231 Å². The molecule has 0 N–H and O–H groups in total. The van der Waals surface area contributed by atoms with Gasteiger partial charge in [-0.1, -0.05) is 179 Å². The minimum absolute atomic E-state index is 0.188. The van der Waals surface area contributed by atoms with Crippen molar-refractivity contribution in [3.05, 3.63) is 42.5 Å². The molecule has 212 valence electrons. The van der Waals surface area contributed by atoms with Crippen LogP contribution in [0.1, 0.15) is 167 Å². The number of para-hydroxylation sites is 1. The van der Waals surface area contributed by atoms with E-state index in [1.165, 1.54) is 148 Å². The Balaban J connectivity index is 1.70. The molecular weight excluding hydrogens is 452 g/mol. The molecule has 0 saturated heterocycles. The Bertz CT molecular complexity index is 621. The molecule has 2 nitrogen and oxygen atoms in total. The SMILES string of the molecule is CCCCCCCCCCCCCCCCCCCCCCCCCC=CCC(=O)Oc1ccccc1. The fourth-order valence-corrected chi connectivity index (χ4v) is 5.01. The second-order valence-electron chi connectivity index (χ2n) is 11.0. The first-order valence-corrected chi connectivity index (χ1v) is 16.2. The van der Waals surface area contributed by atoms with E-state index in [0.29, 0.717) is 12.2 Å². The Morgan fingerprint density at radius 3 is 1.32 bits per heavy atom. The summed E-state index contributed by atoms with van der Waals surface area (Å²) in [6.45, 7) is 2.30. The third-order valence-corrected chi connectivity index (χ3v) is 7.40. The molecule has 0 bridgehead atoms. The molecule has 0 atom stereocenters. The highest BCUT2D eigenvalue weighted by Gasteiger charge is 2.01. The Morgan fingerprint density at radius 2 is 0.919 bits per heavy atom. The van der Waals surface area contributed by atoms with Crippen molar-refractivity contribution in [3.8, 4) is 5.75 Å². The zero-order valence-corrected chi connectivity index (χ0v) is 24.5. The van der Waals surface area contributed by atoms with Crippen LogP contribution in [0.15, 0.2) is 42.5 Å². The van der Waals surface area contributed by atoms with E-state index in [2.05, 4.69) is 13.0 Å². The summed E-state index contributed by atoms with van der Waals surface area (Å²) in [5, 5.41) is 0. The summed E-state index contributed by atoms with van der Waals surface area (Å²) in [7, 11) is 0. The first kappa shape index (κ1) is 33.5. The summed E-state index contributed by atoms with van der Waals surface area (Å²) >= 11 is 0. The predicted molar refractivity (Wildman–Crippen MR) is 162 cm³/mol. The molecule has 0 spiro atoms. The lowest BCUT2D eigenvalue weighted by molar-refractivity contribution is -0.133. The molecule has 0 heterocycles. The van der Waals surface area contributed by atoms with Crippen molar-refractivity contribution in [2.75, 3.05) is 0 Å². The van der Waals surface area contributed by atoms with Gasteiger partial charge in [0.2, 0.25) is 0 Å². The molecule has 2 heteroatoms. The van der Waals surface area contributed by atoms with E-state index in [0.717, 1.165) is 6.42 Å². The number of carbonyl (C=O) groups excluding carboxylic acids is 1. The summed E-state index contributed by atoms with van der Waals surface area (Å²) < 4.78 is 5.28. The van der Waals surface area contributed by atoms with Gasteiger partial charge < -0.3 is 4.74 Å². The van der Waals surface area contributed by atoms with Gasteiger partial charge in [0.05, 0.1) is 6.42 Å². The quantitative estimate of drug-likeness (QED) is 0.0507. The number of unbranched alkanes of at least 4 members (excludes halogenated alkanes) is 23. The van der Waals surface area contributed by atoms with Crippen LogP contribution in [0, 0.1) is 0 Å². The topological polar surface area (TPSA) is 26.3 Å². The van der Waals surface area contributed by atoms with Gasteiger partial charge in [-0.15, -0.1) is 0 Å². The summed E-state index contributed by atoms with van der Waals surface area (Å²) in [6.07, 6.45) is 38.3. The number of hydrogen-bond acceptors (Lipinski definition) is 2. The van der Waals surface area contributed by atoms with Crippen LogP contribution in [0.2, 0.25) is 0 Å². The zero-order chi connectivity index (χ0) is 26.5. The molecule has 0 radical (unpaired) electrons. The molecular formula is C35H60O2. The molecule has 0 aliphatic rings. The molecule has 1 aromatic carbocycles. The van der Waals surface area contributed by atoms with Crippen LogP contribution in [0.3, 0.4) is 0 Å². The van der Waals surface area contributed by atoms with E-state index in [1.54, 1.807) is 0 Å². The van der Waals surface area contributed by atoms with Crippen LogP contribution >= 0.6 is 0 Å². The van der Waals surface area contributed by atoms with Crippen molar-refractivity contribution in [3.63, 3.8) is 0 Å². The molecule has 37 heavy (non-hydrogen) atoms. The van der Waals surface area contributed by atoms with Crippen molar-refractivity contribution < 1.29 is 9.53 Å². The maximum absolute atomic E-state index is 11.8. The maximum atomic E-state index is 11.8. The Morgan fingerprint density at radius 1 is 0.541 bits per heavy atom. The molecule has 1 rings (SSSR count). The van der Waals surface area contributed by atoms with Gasteiger partial charge in [-0.2, -0.15) is 0 Å². The Hall–Kier alpha value is -1.57. The lowest BCUT2D eigenvalue weighted by Gasteiger charge is -2.04. The smallest absolute Gasteiger partial charge is 0.315 e. The minimum Gasteiger partial charge on any atom is -0.426 e. The second-order valence-corrected chi connectivity index (χ2v) is 11.0. The van der Waals surface area contributed by atoms with Crippen molar-refractivity contribution in [2.45, 2.75) is 167 Å². The largest absolute Gasteiger partial charge is 0.426 e. The molecule has 0 unspecified atom stereocenters. The monoisotopic (exact) mass is 512 g/mol. The van der Waals surface area contributed by atoms with Crippen LogP contribution in [-0.4, -0.2) is 5.97 Å². The molecule has 0 aromatic heterocycles. The minimum atomic E-state index is -0.188. The average Bonchev–Trinajstić information content (AvgIpc) is 2.91. The second kappa shape index (κ2) is 27.5. The number of benzene rings is 1. The Kier molecular flexibility index (Phi) is 24.8. The summed E-state index contributed by atoms with van der Waals surface area (Å²) in [5.41, 5.74) is 0. The van der Waals surface area contributed by atoms with Crippen LogP contribution in [0.5, 0.6) is 5.75 Å². The molecule has 0 fully saturated rings. The van der Waals surface area contributed by atoms with Crippen LogP contribution in [0.25, 0.3) is 0 Å². The highest BCUT2D eigenvalue weighted by atomic mass is 16.5. The van der Waals surface area contributed by atoms with Gasteiger partial charge in [0.25, 0.3) is 0 Å². The molecule has 0 aliphatic carbocycles. The lowest BCUT2D eigenvalue weighted by Crippen LogP contribution is -2.05. The standard InChI is InChI=1S/C35H60O2/c1-2-3-4-5-6-7-8-9-10-11-12-13-14-15-16-17-18-19-20-21-22-23-24-25-26-30-33-35(36)37-34-31-28-27-29-32-34/h26-32H,2-25,33H2,1H3. The average molecular weight is 513 g/mol. The molecule has 0 amide bonds. The van der Waals surface area contributed by atoms with Gasteiger partial charge >= 0.3 is 5.97 Å². The van der Waals surface area contributed by atoms with Gasteiger partial charge in [-0.3, -0.25) is 4.79 Å². The van der Waals surface area contributed by atoms with Gasteiger partial charge in [0.1, 0.15) is 5.75 Å².